The Morgan fingerprint density at radius 2 is 1.73 bits per heavy atom. The lowest BCUT2D eigenvalue weighted by Crippen LogP contribution is -2.47. The van der Waals surface area contributed by atoms with E-state index in [0.717, 1.165) is 33.4 Å². The molecule has 13 heteroatoms. The van der Waals surface area contributed by atoms with E-state index in [1.54, 1.807) is 17.0 Å². The van der Waals surface area contributed by atoms with Crippen LogP contribution in [0.5, 0.6) is 0 Å². The van der Waals surface area contributed by atoms with Gasteiger partial charge in [0.05, 0.1) is 18.8 Å². The van der Waals surface area contributed by atoms with Crippen molar-refractivity contribution < 1.29 is 31.9 Å². The molecule has 2 aliphatic rings. The van der Waals surface area contributed by atoms with E-state index in [4.69, 9.17) is 11.6 Å². The minimum atomic E-state index is -4.87. The van der Waals surface area contributed by atoms with Crippen molar-refractivity contribution in [3.63, 3.8) is 0 Å². The van der Waals surface area contributed by atoms with Gasteiger partial charge in [-0.3, -0.25) is 9.58 Å². The quantitative estimate of drug-likeness (QED) is 0.330. The lowest BCUT2D eigenvalue weighted by atomic mass is 9.99. The Morgan fingerprint density at radius 1 is 1.02 bits per heavy atom. The summed E-state index contributed by atoms with van der Waals surface area (Å²) in [6.45, 7) is 2.96. The fourth-order valence-corrected chi connectivity index (χ4v) is 5.86. The summed E-state index contributed by atoms with van der Waals surface area (Å²) < 4.78 is 67.8. The molecule has 7 nitrogen and oxygen atoms in total. The molecule has 2 saturated heterocycles. The number of piperazine rings is 1. The Bertz CT molecular complexity index is 1370. The van der Waals surface area contributed by atoms with Crippen molar-refractivity contribution in [2.75, 3.05) is 55.6 Å². The predicted octanol–water partition coefficient (Wildman–Crippen LogP) is 6.15. The Hall–Kier alpha value is -3.38. The smallest absolute Gasteiger partial charge is 0.433 e. The van der Waals surface area contributed by atoms with E-state index in [2.05, 4.69) is 10.00 Å². The average molecular weight is 598 g/mol. The maximum absolute atomic E-state index is 13.9. The van der Waals surface area contributed by atoms with Crippen LogP contribution in [0.3, 0.4) is 0 Å². The van der Waals surface area contributed by atoms with Crippen molar-refractivity contribution in [3.8, 4) is 11.1 Å². The van der Waals surface area contributed by atoms with Gasteiger partial charge in [0.1, 0.15) is 5.56 Å². The van der Waals surface area contributed by atoms with Gasteiger partial charge in [-0.05, 0) is 42.7 Å². The number of hydrogen-bond donors (Lipinski definition) is 1. The number of alkyl halides is 5. The van der Waals surface area contributed by atoms with Gasteiger partial charge in [0, 0.05) is 61.2 Å². The summed E-state index contributed by atoms with van der Waals surface area (Å²) in [5, 5.41) is 13.6. The number of carboxylic acids is 1. The molecule has 220 valence electrons. The van der Waals surface area contributed by atoms with Crippen molar-refractivity contribution >= 4 is 28.9 Å². The SMILES string of the molecule is O=C(O)c1cnn(C2CCCN(c3cc(Cl)ccc3-c3ccc(N4CCN(CC(F)F)CC4)cc3)C2)c1C(F)(F)F. The van der Waals surface area contributed by atoms with Gasteiger partial charge in [-0.15, -0.1) is 0 Å². The zero-order valence-electron chi connectivity index (χ0n) is 22.0. The Balaban J connectivity index is 1.37. The molecule has 3 heterocycles. The normalized spacial score (nSPS) is 18.8. The van der Waals surface area contributed by atoms with Crippen LogP contribution in [-0.4, -0.2) is 78.0 Å². The first-order valence-corrected chi connectivity index (χ1v) is 13.7. The van der Waals surface area contributed by atoms with Crippen LogP contribution in [0, 0.1) is 0 Å². The standard InChI is InChI=1S/C28H29ClF5N5O2/c29-19-5-8-22(18-3-6-20(7-4-18)37-12-10-36(11-13-37)17-25(30)31)24(14-19)38-9-1-2-21(16-38)39-26(28(32,33)34)23(15-35-39)27(40)41/h3-8,14-15,21,25H,1-2,9-13,16-17H2,(H,40,41). The molecular weight excluding hydrogens is 569 g/mol. The average Bonchev–Trinajstić information content (AvgIpc) is 3.40. The lowest BCUT2D eigenvalue weighted by Gasteiger charge is -2.37. The van der Waals surface area contributed by atoms with Crippen molar-refractivity contribution in [3.05, 3.63) is 64.9 Å². The van der Waals surface area contributed by atoms with E-state index in [-0.39, 0.29) is 13.1 Å². The summed E-state index contributed by atoms with van der Waals surface area (Å²) in [7, 11) is 0. The van der Waals surface area contributed by atoms with Gasteiger partial charge in [0.25, 0.3) is 6.43 Å². The molecule has 2 fully saturated rings. The third-order valence-electron chi connectivity index (χ3n) is 7.65. The van der Waals surface area contributed by atoms with Gasteiger partial charge < -0.3 is 14.9 Å². The largest absolute Gasteiger partial charge is 0.478 e. The second-order valence-electron chi connectivity index (χ2n) is 10.3. The minimum Gasteiger partial charge on any atom is -0.478 e. The molecule has 3 aromatic rings. The number of rotatable bonds is 7. The van der Waals surface area contributed by atoms with Crippen molar-refractivity contribution in [2.45, 2.75) is 31.5 Å². The van der Waals surface area contributed by atoms with Crippen molar-refractivity contribution in [1.82, 2.24) is 14.7 Å². The van der Waals surface area contributed by atoms with Crippen LogP contribution in [0.2, 0.25) is 5.02 Å². The molecule has 2 aliphatic heterocycles. The fraction of sp³-hybridized carbons (Fsp3) is 0.429. The molecule has 2 aromatic carbocycles. The van der Waals surface area contributed by atoms with E-state index in [9.17, 15) is 31.9 Å². The molecule has 0 spiro atoms. The van der Waals surface area contributed by atoms with Gasteiger partial charge in [-0.2, -0.15) is 18.3 Å². The molecular formula is C28H29ClF5N5O2. The van der Waals surface area contributed by atoms with Gasteiger partial charge >= 0.3 is 12.1 Å². The number of piperidine rings is 1. The Kier molecular flexibility index (Phi) is 8.42. The number of anilines is 2. The lowest BCUT2D eigenvalue weighted by molar-refractivity contribution is -0.145. The maximum atomic E-state index is 13.9. The second-order valence-corrected chi connectivity index (χ2v) is 10.7. The highest BCUT2D eigenvalue weighted by Crippen LogP contribution is 2.39. The molecule has 1 atom stereocenters. The molecule has 41 heavy (non-hydrogen) atoms. The number of hydrogen-bond acceptors (Lipinski definition) is 5. The summed E-state index contributed by atoms with van der Waals surface area (Å²) in [5.74, 6) is -1.67. The number of halogens is 6. The second kappa shape index (κ2) is 11.8. The van der Waals surface area contributed by atoms with E-state index in [0.29, 0.717) is 50.6 Å². The first-order chi connectivity index (χ1) is 19.5. The highest BCUT2D eigenvalue weighted by Gasteiger charge is 2.42. The van der Waals surface area contributed by atoms with Crippen molar-refractivity contribution in [1.29, 1.82) is 0 Å². The van der Waals surface area contributed by atoms with Crippen molar-refractivity contribution in [2.24, 2.45) is 0 Å². The van der Waals surface area contributed by atoms with E-state index >= 15 is 0 Å². The summed E-state index contributed by atoms with van der Waals surface area (Å²) >= 11 is 6.35. The van der Waals surface area contributed by atoms with Crippen LogP contribution in [0.15, 0.2) is 48.7 Å². The van der Waals surface area contributed by atoms with Crippen LogP contribution in [0.25, 0.3) is 11.1 Å². The molecule has 1 unspecified atom stereocenters. The van der Waals surface area contributed by atoms with Gasteiger partial charge in [-0.1, -0.05) is 29.8 Å². The predicted molar refractivity (Wildman–Crippen MR) is 146 cm³/mol. The minimum absolute atomic E-state index is 0.193. The summed E-state index contributed by atoms with van der Waals surface area (Å²) in [4.78, 5) is 17.3. The molecule has 1 N–H and O–H groups in total. The highest BCUT2D eigenvalue weighted by atomic mass is 35.5. The summed E-state index contributed by atoms with van der Waals surface area (Å²) in [6, 6.07) is 12.6. The first-order valence-electron chi connectivity index (χ1n) is 13.3. The molecule has 1 aromatic heterocycles. The van der Waals surface area contributed by atoms with Gasteiger partial charge in [-0.25, -0.2) is 13.6 Å². The van der Waals surface area contributed by atoms with Crippen LogP contribution < -0.4 is 9.80 Å². The Morgan fingerprint density at radius 3 is 2.37 bits per heavy atom. The first kappa shape index (κ1) is 29.1. The molecule has 0 amide bonds. The van der Waals surface area contributed by atoms with Crippen LogP contribution in [0.1, 0.15) is 34.9 Å². The monoisotopic (exact) mass is 597 g/mol. The number of nitrogens with zero attached hydrogens (tertiary/aromatic N) is 5. The molecule has 0 aliphatic carbocycles. The van der Waals surface area contributed by atoms with Gasteiger partial charge in [0.15, 0.2) is 5.69 Å². The third-order valence-corrected chi connectivity index (χ3v) is 7.88. The highest BCUT2D eigenvalue weighted by molar-refractivity contribution is 6.31. The molecule has 5 rings (SSSR count). The van der Waals surface area contributed by atoms with E-state index in [1.165, 1.54) is 0 Å². The zero-order chi connectivity index (χ0) is 29.3. The molecule has 0 radical (unpaired) electrons. The Labute approximate surface area is 238 Å². The van der Waals surface area contributed by atoms with Crippen LogP contribution >= 0.6 is 11.6 Å². The molecule has 0 bridgehead atoms. The number of carbonyl (C=O) groups is 1. The summed E-state index contributed by atoms with van der Waals surface area (Å²) in [6.07, 6.45) is -5.47. The molecule has 0 saturated carbocycles. The number of benzene rings is 2. The van der Waals surface area contributed by atoms with E-state index in [1.807, 2.05) is 35.2 Å². The number of carboxylic acid groups (broad SMARTS) is 1. The topological polar surface area (TPSA) is 64.8 Å². The third kappa shape index (κ3) is 6.43. The van der Waals surface area contributed by atoms with E-state index < -0.39 is 35.9 Å². The van der Waals surface area contributed by atoms with Crippen LogP contribution in [-0.2, 0) is 6.18 Å². The zero-order valence-corrected chi connectivity index (χ0v) is 22.8. The van der Waals surface area contributed by atoms with Crippen LogP contribution in [0.4, 0.5) is 33.3 Å². The van der Waals surface area contributed by atoms with Gasteiger partial charge in [0.2, 0.25) is 0 Å². The fourth-order valence-electron chi connectivity index (χ4n) is 5.70. The number of aromatic carboxylic acids is 1. The number of aromatic nitrogens is 2. The summed E-state index contributed by atoms with van der Waals surface area (Å²) in [5.41, 5.74) is 1.36. The maximum Gasteiger partial charge on any atom is 0.433 e.